The molecule has 6 heteroatoms. The number of nitrogens with zero attached hydrogens (tertiary/aromatic N) is 2. The van der Waals surface area contributed by atoms with Crippen LogP contribution in [0.1, 0.15) is 31.0 Å². The van der Waals surface area contributed by atoms with Gasteiger partial charge >= 0.3 is 0 Å². The zero-order chi connectivity index (χ0) is 19.8. The van der Waals surface area contributed by atoms with Crippen molar-refractivity contribution in [3.63, 3.8) is 0 Å². The minimum Gasteiger partial charge on any atom is -0.398 e. The summed E-state index contributed by atoms with van der Waals surface area (Å²) in [5.41, 5.74) is 10.2. The zero-order valence-corrected chi connectivity index (χ0v) is 16.8. The molecule has 0 saturated carbocycles. The predicted octanol–water partition coefficient (Wildman–Crippen LogP) is 4.96. The highest BCUT2D eigenvalue weighted by molar-refractivity contribution is 7.92. The molecule has 140 valence electrons. The molecule has 1 aromatic heterocycles. The summed E-state index contributed by atoms with van der Waals surface area (Å²) in [5, 5.41) is 9.34. The van der Waals surface area contributed by atoms with Crippen LogP contribution >= 0.6 is 0 Å². The van der Waals surface area contributed by atoms with Gasteiger partial charge in [-0.25, -0.2) is 9.19 Å². The molecule has 0 amide bonds. The summed E-state index contributed by atoms with van der Waals surface area (Å²) in [6.07, 6.45) is 4.44. The highest BCUT2D eigenvalue weighted by Gasteiger charge is 2.19. The first-order valence-electron chi connectivity index (χ1n) is 8.71. The maximum Gasteiger partial charge on any atom is 0.169 e. The number of nitrogens with two attached hydrogens (primary N) is 1. The highest BCUT2D eigenvalue weighted by Crippen LogP contribution is 2.40. The van der Waals surface area contributed by atoms with Gasteiger partial charge in [-0.2, -0.15) is 4.36 Å². The molecule has 0 spiro atoms. The number of anilines is 1. The number of rotatable bonds is 4. The van der Waals surface area contributed by atoms with E-state index in [1.54, 1.807) is 18.6 Å². The lowest BCUT2D eigenvalue weighted by Gasteiger charge is -2.18. The molecule has 0 aliphatic heterocycles. The Balaban J connectivity index is 2.57. The third-order valence-corrected chi connectivity index (χ3v) is 4.90. The Morgan fingerprint density at radius 2 is 1.81 bits per heavy atom. The van der Waals surface area contributed by atoms with E-state index < -0.39 is 9.73 Å². The van der Waals surface area contributed by atoms with Crippen molar-refractivity contribution in [3.05, 3.63) is 53.7 Å². The van der Waals surface area contributed by atoms with E-state index in [2.05, 4.69) is 18.2 Å². The number of fused-ring (bicyclic) bond motifs is 1. The fourth-order valence-electron chi connectivity index (χ4n) is 3.12. The molecule has 3 rings (SSSR count). The molecule has 0 fully saturated rings. The standard InChI is InChI=1S/C21H24N4OS/c1-13(2)20-19(14-8-6-5-7-9-14)16-10-15(12-22)18(23)11-17(16)21(24-20)25-27(3,4)26/h5-13,22H,23H2,1-4H3. The second kappa shape index (κ2) is 7.12. The van der Waals surface area contributed by atoms with Gasteiger partial charge in [0.25, 0.3) is 0 Å². The van der Waals surface area contributed by atoms with Crippen LogP contribution < -0.4 is 5.73 Å². The summed E-state index contributed by atoms with van der Waals surface area (Å²) in [7, 11) is -2.39. The highest BCUT2D eigenvalue weighted by atomic mass is 32.2. The van der Waals surface area contributed by atoms with E-state index in [1.807, 2.05) is 36.4 Å². The van der Waals surface area contributed by atoms with E-state index in [9.17, 15) is 4.21 Å². The van der Waals surface area contributed by atoms with E-state index >= 15 is 0 Å². The van der Waals surface area contributed by atoms with Gasteiger partial charge in [0.1, 0.15) is 0 Å². The summed E-state index contributed by atoms with van der Waals surface area (Å²) in [6, 6.07) is 13.7. The normalized spacial score (nSPS) is 11.7. The van der Waals surface area contributed by atoms with Gasteiger partial charge in [-0.05, 0) is 29.0 Å². The van der Waals surface area contributed by atoms with Crippen molar-refractivity contribution in [2.24, 2.45) is 4.36 Å². The first kappa shape index (κ1) is 19.0. The zero-order valence-electron chi connectivity index (χ0n) is 16.0. The topological polar surface area (TPSA) is 92.2 Å². The van der Waals surface area contributed by atoms with Gasteiger partial charge in [0.15, 0.2) is 5.82 Å². The Morgan fingerprint density at radius 1 is 1.15 bits per heavy atom. The maximum absolute atomic E-state index is 12.4. The number of hydrogen-bond donors (Lipinski definition) is 2. The molecule has 0 bridgehead atoms. The summed E-state index contributed by atoms with van der Waals surface area (Å²) in [5.74, 6) is 0.580. The lowest BCUT2D eigenvalue weighted by atomic mass is 9.91. The van der Waals surface area contributed by atoms with Gasteiger partial charge in [0.05, 0.1) is 5.69 Å². The molecule has 2 aromatic carbocycles. The number of benzene rings is 2. The molecular weight excluding hydrogens is 356 g/mol. The van der Waals surface area contributed by atoms with Crippen LogP contribution in [0, 0.1) is 5.41 Å². The number of aromatic nitrogens is 1. The van der Waals surface area contributed by atoms with Crippen LogP contribution in [-0.4, -0.2) is 27.9 Å². The Morgan fingerprint density at radius 3 is 2.37 bits per heavy atom. The third kappa shape index (κ3) is 3.85. The third-order valence-electron chi connectivity index (χ3n) is 4.29. The molecule has 1 heterocycles. The largest absolute Gasteiger partial charge is 0.398 e. The second-order valence-corrected chi connectivity index (χ2v) is 9.71. The van der Waals surface area contributed by atoms with E-state index in [-0.39, 0.29) is 5.92 Å². The predicted molar refractivity (Wildman–Crippen MR) is 116 cm³/mol. The smallest absolute Gasteiger partial charge is 0.169 e. The fraction of sp³-hybridized carbons (Fsp3) is 0.238. The summed E-state index contributed by atoms with van der Waals surface area (Å²) >= 11 is 0. The van der Waals surface area contributed by atoms with Crippen LogP contribution in [0.25, 0.3) is 21.9 Å². The number of nitrogen functional groups attached to an aromatic ring is 1. The number of pyridine rings is 1. The summed E-state index contributed by atoms with van der Waals surface area (Å²) in [4.78, 5) is 4.80. The number of nitrogens with one attached hydrogen (secondary N) is 1. The fourth-order valence-corrected chi connectivity index (χ4v) is 3.68. The van der Waals surface area contributed by atoms with E-state index in [0.717, 1.165) is 27.6 Å². The summed E-state index contributed by atoms with van der Waals surface area (Å²) in [6.45, 7) is 4.16. The van der Waals surface area contributed by atoms with Gasteiger partial charge in [-0.15, -0.1) is 0 Å². The van der Waals surface area contributed by atoms with Crippen molar-refractivity contribution >= 4 is 38.2 Å². The molecule has 3 aromatic rings. The van der Waals surface area contributed by atoms with E-state index in [0.29, 0.717) is 17.1 Å². The lowest BCUT2D eigenvalue weighted by Crippen LogP contribution is -2.02. The van der Waals surface area contributed by atoms with Crippen molar-refractivity contribution < 1.29 is 4.21 Å². The van der Waals surface area contributed by atoms with Crippen LogP contribution in [0.5, 0.6) is 0 Å². The van der Waals surface area contributed by atoms with Gasteiger partial charge in [-0.3, -0.25) is 0 Å². The van der Waals surface area contributed by atoms with Gasteiger partial charge in [0, 0.05) is 50.7 Å². The van der Waals surface area contributed by atoms with Crippen molar-refractivity contribution in [2.75, 3.05) is 18.2 Å². The molecule has 0 saturated heterocycles. The summed E-state index contributed by atoms with van der Waals surface area (Å²) < 4.78 is 16.8. The monoisotopic (exact) mass is 380 g/mol. The molecule has 0 atom stereocenters. The Bertz CT molecular complexity index is 1140. The Kier molecular flexibility index (Phi) is 5.02. The minimum atomic E-state index is -2.39. The van der Waals surface area contributed by atoms with Crippen LogP contribution in [0.3, 0.4) is 0 Å². The SMILES string of the molecule is CC(C)c1nc(N=S(C)(C)=O)c2cc(N)c(C=N)cc2c1-c1ccccc1. The van der Waals surface area contributed by atoms with Crippen molar-refractivity contribution in [3.8, 4) is 11.1 Å². The molecule has 27 heavy (non-hydrogen) atoms. The van der Waals surface area contributed by atoms with Crippen LogP contribution in [0.15, 0.2) is 46.8 Å². The molecule has 0 aliphatic carbocycles. The maximum atomic E-state index is 12.4. The number of hydrogen-bond acceptors (Lipinski definition) is 5. The molecule has 5 nitrogen and oxygen atoms in total. The Hall–Kier alpha value is -2.73. The van der Waals surface area contributed by atoms with Crippen molar-refractivity contribution in [1.82, 2.24) is 4.98 Å². The van der Waals surface area contributed by atoms with Crippen molar-refractivity contribution in [2.45, 2.75) is 19.8 Å². The average Bonchev–Trinajstić information content (AvgIpc) is 2.60. The van der Waals surface area contributed by atoms with Crippen LogP contribution in [-0.2, 0) is 9.73 Å². The van der Waals surface area contributed by atoms with E-state index in [4.69, 9.17) is 16.1 Å². The molecule has 0 aliphatic rings. The molecule has 3 N–H and O–H groups in total. The van der Waals surface area contributed by atoms with Gasteiger partial charge in [0.2, 0.25) is 0 Å². The van der Waals surface area contributed by atoms with E-state index in [1.165, 1.54) is 6.21 Å². The van der Waals surface area contributed by atoms with Gasteiger partial charge in [-0.1, -0.05) is 44.2 Å². The minimum absolute atomic E-state index is 0.143. The van der Waals surface area contributed by atoms with Crippen LogP contribution in [0.4, 0.5) is 11.5 Å². The Labute approximate surface area is 160 Å². The molecule has 0 unspecified atom stereocenters. The first-order valence-corrected chi connectivity index (χ1v) is 11.0. The molecule has 0 radical (unpaired) electrons. The van der Waals surface area contributed by atoms with Crippen LogP contribution in [0.2, 0.25) is 0 Å². The first-order chi connectivity index (χ1) is 12.7. The molecular formula is C21H24N4OS. The quantitative estimate of drug-likeness (QED) is 0.495. The van der Waals surface area contributed by atoms with Crippen molar-refractivity contribution in [1.29, 1.82) is 5.41 Å². The average molecular weight is 381 g/mol. The second-order valence-electron chi connectivity index (χ2n) is 7.16. The lowest BCUT2D eigenvalue weighted by molar-refractivity contribution is 0.684. The van der Waals surface area contributed by atoms with Gasteiger partial charge < -0.3 is 11.1 Å².